The molecule has 0 aliphatic carbocycles. The van der Waals surface area contributed by atoms with Crippen molar-refractivity contribution in [3.05, 3.63) is 34.6 Å². The third kappa shape index (κ3) is 2.18. The molecule has 1 aliphatic heterocycles. The molecule has 1 saturated heterocycles. The molecule has 0 saturated carbocycles. The lowest BCUT2D eigenvalue weighted by Crippen LogP contribution is -2.17. The molecule has 0 nitrogen and oxygen atoms in total. The van der Waals surface area contributed by atoms with E-state index in [9.17, 15) is 4.39 Å². The Morgan fingerprint density at radius 1 is 1.54 bits per heavy atom. The van der Waals surface area contributed by atoms with Gasteiger partial charge in [-0.05, 0) is 36.3 Å². The second-order valence-corrected chi connectivity index (χ2v) is 5.05. The van der Waals surface area contributed by atoms with Crippen LogP contribution in [0.1, 0.15) is 12.0 Å². The summed E-state index contributed by atoms with van der Waals surface area (Å²) in [6.07, 6.45) is 2.30. The smallest absolute Gasteiger partial charge is 0.141 e. The molecule has 70 valence electrons. The third-order valence-electron chi connectivity index (χ3n) is 2.24. The van der Waals surface area contributed by atoms with Crippen molar-refractivity contribution in [1.29, 1.82) is 0 Å². The normalized spacial score (nSPS) is 21.2. The van der Waals surface area contributed by atoms with E-state index in [-0.39, 0.29) is 10.8 Å². The minimum Gasteiger partial charge on any atom is -0.205 e. The first-order chi connectivity index (χ1) is 6.25. The highest BCUT2D eigenvalue weighted by atomic mass is 35.5. The van der Waals surface area contributed by atoms with E-state index in [0.717, 1.165) is 17.2 Å². The van der Waals surface area contributed by atoms with Crippen LogP contribution in [0.5, 0.6) is 0 Å². The van der Waals surface area contributed by atoms with Crippen molar-refractivity contribution >= 4 is 23.4 Å². The van der Waals surface area contributed by atoms with E-state index in [0.29, 0.717) is 0 Å². The predicted octanol–water partition coefficient (Wildman–Crippen LogP) is 3.53. The standard InChI is InChI=1S/C10H10ClFS/c11-9-6-7(1-2-10(9)12)5-8-3-4-13-8/h1-2,6,8H,3-5H2. The Labute approximate surface area is 86.5 Å². The average Bonchev–Trinajstić information content (AvgIpc) is 2.04. The summed E-state index contributed by atoms with van der Waals surface area (Å²) in [5, 5.41) is 0.961. The molecular formula is C10H10ClFS. The molecule has 1 heterocycles. The van der Waals surface area contributed by atoms with Crippen LogP contribution in [0.3, 0.4) is 0 Å². The number of benzene rings is 1. The summed E-state index contributed by atoms with van der Waals surface area (Å²) in [6.45, 7) is 0. The fraction of sp³-hybridized carbons (Fsp3) is 0.400. The maximum absolute atomic E-state index is 12.8. The van der Waals surface area contributed by atoms with Gasteiger partial charge in [-0.25, -0.2) is 4.39 Å². The highest BCUT2D eigenvalue weighted by molar-refractivity contribution is 8.01. The van der Waals surface area contributed by atoms with Gasteiger partial charge in [0, 0.05) is 5.25 Å². The van der Waals surface area contributed by atoms with Crippen LogP contribution in [0.2, 0.25) is 5.02 Å². The van der Waals surface area contributed by atoms with Crippen LogP contribution in [0.4, 0.5) is 4.39 Å². The zero-order valence-electron chi connectivity index (χ0n) is 7.09. The van der Waals surface area contributed by atoms with Gasteiger partial charge in [-0.1, -0.05) is 17.7 Å². The Bertz CT molecular complexity index is 310. The predicted molar refractivity (Wildman–Crippen MR) is 56.0 cm³/mol. The van der Waals surface area contributed by atoms with Gasteiger partial charge in [0.1, 0.15) is 5.82 Å². The van der Waals surface area contributed by atoms with Crippen LogP contribution in [-0.2, 0) is 6.42 Å². The molecule has 0 N–H and O–H groups in total. The topological polar surface area (TPSA) is 0 Å². The minimum atomic E-state index is -0.327. The Morgan fingerprint density at radius 2 is 2.31 bits per heavy atom. The average molecular weight is 217 g/mol. The van der Waals surface area contributed by atoms with E-state index in [2.05, 4.69) is 0 Å². The van der Waals surface area contributed by atoms with E-state index in [4.69, 9.17) is 11.6 Å². The molecule has 1 aromatic carbocycles. The zero-order valence-corrected chi connectivity index (χ0v) is 8.67. The molecule has 1 unspecified atom stereocenters. The fourth-order valence-corrected chi connectivity index (χ4v) is 2.46. The van der Waals surface area contributed by atoms with Gasteiger partial charge in [0.15, 0.2) is 0 Å². The first-order valence-electron chi connectivity index (χ1n) is 4.31. The molecule has 13 heavy (non-hydrogen) atoms. The number of thioether (sulfide) groups is 1. The van der Waals surface area contributed by atoms with Gasteiger partial charge in [-0.3, -0.25) is 0 Å². The first-order valence-corrected chi connectivity index (χ1v) is 5.74. The second kappa shape index (κ2) is 3.89. The van der Waals surface area contributed by atoms with Gasteiger partial charge in [-0.2, -0.15) is 11.8 Å². The zero-order chi connectivity index (χ0) is 9.26. The summed E-state index contributed by atoms with van der Waals surface area (Å²) < 4.78 is 12.8. The van der Waals surface area contributed by atoms with E-state index in [1.807, 2.05) is 17.8 Å². The summed E-state index contributed by atoms with van der Waals surface area (Å²) in [5.74, 6) is 0.936. The van der Waals surface area contributed by atoms with Gasteiger partial charge in [0.25, 0.3) is 0 Å². The van der Waals surface area contributed by atoms with E-state index < -0.39 is 0 Å². The lowest BCUT2D eigenvalue weighted by Gasteiger charge is -2.24. The molecule has 1 aromatic rings. The molecule has 1 fully saturated rings. The molecule has 0 aromatic heterocycles. The number of hydrogen-bond donors (Lipinski definition) is 0. The van der Waals surface area contributed by atoms with Crippen LogP contribution in [0.15, 0.2) is 18.2 Å². The molecule has 2 rings (SSSR count). The molecule has 0 radical (unpaired) electrons. The largest absolute Gasteiger partial charge is 0.205 e. The summed E-state index contributed by atoms with van der Waals surface area (Å²) in [4.78, 5) is 0. The lowest BCUT2D eigenvalue weighted by molar-refractivity contribution is 0.627. The fourth-order valence-electron chi connectivity index (χ4n) is 1.38. The molecular weight excluding hydrogens is 207 g/mol. The molecule has 1 atom stereocenters. The van der Waals surface area contributed by atoms with Crippen molar-refractivity contribution in [3.8, 4) is 0 Å². The van der Waals surface area contributed by atoms with Crippen LogP contribution in [0.25, 0.3) is 0 Å². The summed E-state index contributed by atoms with van der Waals surface area (Å²) in [6, 6.07) is 5.00. The molecule has 1 aliphatic rings. The second-order valence-electron chi connectivity index (χ2n) is 3.23. The van der Waals surface area contributed by atoms with E-state index in [1.165, 1.54) is 18.2 Å². The van der Waals surface area contributed by atoms with Crippen LogP contribution < -0.4 is 0 Å². The van der Waals surface area contributed by atoms with E-state index >= 15 is 0 Å². The van der Waals surface area contributed by atoms with Gasteiger partial charge in [0.2, 0.25) is 0 Å². The monoisotopic (exact) mass is 216 g/mol. The van der Waals surface area contributed by atoms with Crippen molar-refractivity contribution in [3.63, 3.8) is 0 Å². The van der Waals surface area contributed by atoms with Crippen molar-refractivity contribution < 1.29 is 4.39 Å². The molecule has 0 spiro atoms. The van der Waals surface area contributed by atoms with Crippen molar-refractivity contribution in [2.45, 2.75) is 18.1 Å². The first kappa shape index (κ1) is 9.35. The quantitative estimate of drug-likeness (QED) is 0.729. The Morgan fingerprint density at radius 3 is 2.85 bits per heavy atom. The maximum atomic E-state index is 12.8. The highest BCUT2D eigenvalue weighted by Gasteiger charge is 2.18. The summed E-state index contributed by atoms with van der Waals surface area (Å²) in [5.41, 5.74) is 1.14. The highest BCUT2D eigenvalue weighted by Crippen LogP contribution is 2.31. The lowest BCUT2D eigenvalue weighted by atomic mass is 10.1. The van der Waals surface area contributed by atoms with Crippen molar-refractivity contribution in [2.75, 3.05) is 5.75 Å². The molecule has 0 bridgehead atoms. The maximum Gasteiger partial charge on any atom is 0.141 e. The number of halogens is 2. The van der Waals surface area contributed by atoms with Crippen molar-refractivity contribution in [1.82, 2.24) is 0 Å². The van der Waals surface area contributed by atoms with Gasteiger partial charge < -0.3 is 0 Å². The minimum absolute atomic E-state index is 0.238. The Hall–Kier alpha value is -0.210. The Kier molecular flexibility index (Phi) is 2.80. The van der Waals surface area contributed by atoms with Crippen LogP contribution in [0, 0.1) is 5.82 Å². The molecule has 0 amide bonds. The number of rotatable bonds is 2. The summed E-state index contributed by atoms with van der Waals surface area (Å²) >= 11 is 7.65. The molecule has 3 heteroatoms. The number of hydrogen-bond acceptors (Lipinski definition) is 1. The SMILES string of the molecule is Fc1ccc(CC2CCS2)cc1Cl. The van der Waals surface area contributed by atoms with E-state index in [1.54, 1.807) is 6.07 Å². The van der Waals surface area contributed by atoms with Crippen LogP contribution >= 0.6 is 23.4 Å². The van der Waals surface area contributed by atoms with Gasteiger partial charge in [-0.15, -0.1) is 0 Å². The third-order valence-corrected chi connectivity index (χ3v) is 3.88. The van der Waals surface area contributed by atoms with Crippen LogP contribution in [-0.4, -0.2) is 11.0 Å². The van der Waals surface area contributed by atoms with Crippen molar-refractivity contribution in [2.24, 2.45) is 0 Å². The van der Waals surface area contributed by atoms with Gasteiger partial charge in [0.05, 0.1) is 5.02 Å². The Balaban J connectivity index is 2.07. The summed E-state index contributed by atoms with van der Waals surface area (Å²) in [7, 11) is 0. The van der Waals surface area contributed by atoms with Gasteiger partial charge >= 0.3 is 0 Å².